The molecule has 0 aliphatic rings. The predicted octanol–water partition coefficient (Wildman–Crippen LogP) is 2.56. The fourth-order valence-corrected chi connectivity index (χ4v) is 2.97. The lowest BCUT2D eigenvalue weighted by Crippen LogP contribution is -2.15. The highest BCUT2D eigenvalue weighted by Gasteiger charge is 2.19. The zero-order valence-electron chi connectivity index (χ0n) is 9.71. The summed E-state index contributed by atoms with van der Waals surface area (Å²) in [6.45, 7) is 0. The predicted molar refractivity (Wildman–Crippen MR) is 76.7 cm³/mol. The minimum atomic E-state index is -3.92. The smallest absolute Gasteiger partial charge is 0.264 e. The van der Waals surface area contributed by atoms with Crippen molar-refractivity contribution in [1.82, 2.24) is 9.97 Å². The third-order valence-corrected chi connectivity index (χ3v) is 4.76. The second-order valence-electron chi connectivity index (χ2n) is 3.56. The average molecular weight is 374 g/mol. The lowest BCUT2D eigenvalue weighted by molar-refractivity contribution is 0.600. The second kappa shape index (κ2) is 5.75. The van der Waals surface area contributed by atoms with Gasteiger partial charge in [-0.25, -0.2) is 18.4 Å². The van der Waals surface area contributed by atoms with Crippen molar-refractivity contribution in [3.63, 3.8) is 0 Å². The van der Waals surface area contributed by atoms with Crippen LogP contribution in [0, 0.1) is 11.3 Å². The molecule has 2 aromatic heterocycles. The molecule has 20 heavy (non-hydrogen) atoms. The summed E-state index contributed by atoms with van der Waals surface area (Å²) < 4.78 is 27.2. The van der Waals surface area contributed by atoms with Gasteiger partial charge in [0.25, 0.3) is 10.0 Å². The SMILES string of the molecule is N#Cc1ncccc1S(=O)(=O)Nc1cnc(Cl)c(Br)c1. The van der Waals surface area contributed by atoms with Gasteiger partial charge < -0.3 is 0 Å². The molecule has 2 heterocycles. The molecular weight excluding hydrogens is 368 g/mol. The standard InChI is InChI=1S/C11H6BrClN4O2S/c12-8-4-7(6-16-11(8)13)17-20(18,19)10-2-1-3-15-9(10)5-14/h1-4,6,17H. The summed E-state index contributed by atoms with van der Waals surface area (Å²) >= 11 is 8.87. The number of hydrogen-bond donors (Lipinski definition) is 1. The maximum absolute atomic E-state index is 12.2. The molecule has 0 atom stereocenters. The maximum atomic E-state index is 12.2. The molecule has 0 radical (unpaired) electrons. The van der Waals surface area contributed by atoms with Crippen LogP contribution < -0.4 is 4.72 Å². The van der Waals surface area contributed by atoms with Gasteiger partial charge in [-0.1, -0.05) is 11.6 Å². The largest absolute Gasteiger partial charge is 0.278 e. The van der Waals surface area contributed by atoms with E-state index in [1.807, 2.05) is 0 Å². The minimum Gasteiger partial charge on any atom is -0.278 e. The number of pyridine rings is 2. The van der Waals surface area contributed by atoms with Crippen LogP contribution in [0.25, 0.3) is 0 Å². The number of anilines is 1. The molecule has 0 saturated heterocycles. The zero-order valence-corrected chi connectivity index (χ0v) is 12.9. The van der Waals surface area contributed by atoms with Gasteiger partial charge in [-0.15, -0.1) is 0 Å². The molecule has 0 aliphatic carbocycles. The van der Waals surface area contributed by atoms with E-state index in [4.69, 9.17) is 16.9 Å². The van der Waals surface area contributed by atoms with E-state index in [-0.39, 0.29) is 21.4 Å². The van der Waals surface area contributed by atoms with Crippen molar-refractivity contribution in [2.45, 2.75) is 4.90 Å². The number of nitriles is 1. The van der Waals surface area contributed by atoms with Gasteiger partial charge in [0.15, 0.2) is 5.69 Å². The van der Waals surface area contributed by atoms with E-state index in [0.717, 1.165) is 0 Å². The van der Waals surface area contributed by atoms with Gasteiger partial charge in [-0.3, -0.25) is 4.72 Å². The first-order chi connectivity index (χ1) is 9.44. The topological polar surface area (TPSA) is 95.7 Å². The Labute approximate surface area is 128 Å². The fourth-order valence-electron chi connectivity index (χ4n) is 1.38. The Balaban J connectivity index is 2.41. The van der Waals surface area contributed by atoms with Crippen LogP contribution in [0.5, 0.6) is 0 Å². The molecule has 0 aromatic carbocycles. The average Bonchev–Trinajstić information content (AvgIpc) is 2.42. The third-order valence-electron chi connectivity index (χ3n) is 2.21. The third kappa shape index (κ3) is 3.07. The van der Waals surface area contributed by atoms with Crippen molar-refractivity contribution in [1.29, 1.82) is 5.26 Å². The summed E-state index contributed by atoms with van der Waals surface area (Å²) in [7, 11) is -3.92. The monoisotopic (exact) mass is 372 g/mol. The van der Waals surface area contributed by atoms with Crippen LogP contribution in [-0.2, 0) is 10.0 Å². The summed E-state index contributed by atoms with van der Waals surface area (Å²) in [4.78, 5) is 7.32. The van der Waals surface area contributed by atoms with E-state index in [1.54, 1.807) is 6.07 Å². The van der Waals surface area contributed by atoms with Gasteiger partial charge in [-0.05, 0) is 34.1 Å². The molecular formula is C11H6BrClN4O2S. The van der Waals surface area contributed by atoms with Gasteiger partial charge >= 0.3 is 0 Å². The Morgan fingerprint density at radius 3 is 2.80 bits per heavy atom. The number of nitrogens with one attached hydrogen (secondary N) is 1. The summed E-state index contributed by atoms with van der Waals surface area (Å²) in [5.74, 6) is 0. The van der Waals surface area contributed by atoms with Crippen molar-refractivity contribution < 1.29 is 8.42 Å². The number of rotatable bonds is 3. The summed E-state index contributed by atoms with van der Waals surface area (Å²) in [5.41, 5.74) is 0.0370. The van der Waals surface area contributed by atoms with Gasteiger partial charge in [0, 0.05) is 6.20 Å². The highest BCUT2D eigenvalue weighted by atomic mass is 79.9. The molecule has 0 saturated carbocycles. The van der Waals surface area contributed by atoms with E-state index < -0.39 is 10.0 Å². The molecule has 6 nitrogen and oxygen atoms in total. The fraction of sp³-hybridized carbons (Fsp3) is 0. The van der Waals surface area contributed by atoms with Gasteiger partial charge in [0.05, 0.1) is 16.4 Å². The quantitative estimate of drug-likeness (QED) is 0.834. The highest BCUT2D eigenvalue weighted by molar-refractivity contribution is 9.10. The number of aromatic nitrogens is 2. The van der Waals surface area contributed by atoms with Gasteiger partial charge in [0.2, 0.25) is 0 Å². The molecule has 102 valence electrons. The van der Waals surface area contributed by atoms with E-state index in [0.29, 0.717) is 4.47 Å². The number of hydrogen-bond acceptors (Lipinski definition) is 5. The van der Waals surface area contributed by atoms with Crippen LogP contribution in [0.15, 0.2) is 40.0 Å². The van der Waals surface area contributed by atoms with E-state index >= 15 is 0 Å². The van der Waals surface area contributed by atoms with E-state index in [2.05, 4.69) is 30.6 Å². The van der Waals surface area contributed by atoms with Gasteiger partial charge in [0.1, 0.15) is 16.1 Å². The Hall–Kier alpha value is -1.69. The van der Waals surface area contributed by atoms with Crippen molar-refractivity contribution in [2.75, 3.05) is 4.72 Å². The van der Waals surface area contributed by atoms with Crippen molar-refractivity contribution in [3.8, 4) is 6.07 Å². The van der Waals surface area contributed by atoms with Crippen LogP contribution in [0.4, 0.5) is 5.69 Å². The first-order valence-corrected chi connectivity index (χ1v) is 7.78. The number of nitrogens with zero attached hydrogens (tertiary/aromatic N) is 3. The molecule has 0 spiro atoms. The molecule has 2 rings (SSSR count). The van der Waals surface area contributed by atoms with Crippen LogP contribution in [0.3, 0.4) is 0 Å². The second-order valence-corrected chi connectivity index (χ2v) is 6.43. The molecule has 1 N–H and O–H groups in total. The Morgan fingerprint density at radius 2 is 2.15 bits per heavy atom. The summed E-state index contributed by atoms with van der Waals surface area (Å²) in [6, 6.07) is 5.93. The lowest BCUT2D eigenvalue weighted by atomic mass is 10.4. The molecule has 0 fully saturated rings. The summed E-state index contributed by atoms with van der Waals surface area (Å²) in [6.07, 6.45) is 2.62. The van der Waals surface area contributed by atoms with Crippen LogP contribution >= 0.6 is 27.5 Å². The molecule has 0 unspecified atom stereocenters. The maximum Gasteiger partial charge on any atom is 0.264 e. The Kier molecular flexibility index (Phi) is 4.23. The first-order valence-electron chi connectivity index (χ1n) is 5.13. The zero-order chi connectivity index (χ0) is 14.8. The van der Waals surface area contributed by atoms with Gasteiger partial charge in [-0.2, -0.15) is 5.26 Å². The molecule has 9 heteroatoms. The molecule has 0 amide bonds. The molecule has 2 aromatic rings. The van der Waals surface area contributed by atoms with E-state index in [9.17, 15) is 8.42 Å². The van der Waals surface area contributed by atoms with Crippen LogP contribution in [0.2, 0.25) is 5.15 Å². The number of halogens is 2. The van der Waals surface area contributed by atoms with Crippen molar-refractivity contribution in [3.05, 3.63) is 45.9 Å². The summed E-state index contributed by atoms with van der Waals surface area (Å²) in [5, 5.41) is 9.10. The van der Waals surface area contributed by atoms with E-state index in [1.165, 1.54) is 30.6 Å². The Morgan fingerprint density at radius 1 is 1.40 bits per heavy atom. The normalized spacial score (nSPS) is 10.8. The van der Waals surface area contributed by atoms with Crippen LogP contribution in [0.1, 0.15) is 5.69 Å². The lowest BCUT2D eigenvalue weighted by Gasteiger charge is -2.09. The molecule has 0 bridgehead atoms. The van der Waals surface area contributed by atoms with Crippen LogP contribution in [-0.4, -0.2) is 18.4 Å². The minimum absolute atomic E-state index is 0.180. The number of sulfonamides is 1. The Bertz CT molecular complexity index is 804. The van der Waals surface area contributed by atoms with Crippen molar-refractivity contribution >= 4 is 43.2 Å². The highest BCUT2D eigenvalue weighted by Crippen LogP contribution is 2.24. The molecule has 0 aliphatic heterocycles. The first kappa shape index (κ1) is 14.7. The van der Waals surface area contributed by atoms with Crippen molar-refractivity contribution in [2.24, 2.45) is 0 Å².